The highest BCUT2D eigenvalue weighted by Gasteiger charge is 2.21. The van der Waals surface area contributed by atoms with E-state index in [4.69, 9.17) is 4.74 Å². The number of tetrazole rings is 1. The summed E-state index contributed by atoms with van der Waals surface area (Å²) in [4.78, 5) is 2.37. The van der Waals surface area contributed by atoms with Gasteiger partial charge in [0, 0.05) is 19.7 Å². The molecule has 4 rings (SSSR count). The van der Waals surface area contributed by atoms with Crippen molar-refractivity contribution < 1.29 is 4.74 Å². The number of ether oxygens (including phenoxy) is 1. The number of benzene rings is 2. The Balaban J connectivity index is 1.53. The molecule has 0 N–H and O–H groups in total. The predicted octanol–water partition coefficient (Wildman–Crippen LogP) is 2.84. The summed E-state index contributed by atoms with van der Waals surface area (Å²) >= 11 is 0. The minimum atomic E-state index is 0.291. The second-order valence-electron chi connectivity index (χ2n) is 6.63. The van der Waals surface area contributed by atoms with Crippen molar-refractivity contribution in [3.8, 4) is 5.69 Å². The minimum Gasteiger partial charge on any atom is -0.377 e. The zero-order chi connectivity index (χ0) is 17.6. The van der Waals surface area contributed by atoms with Gasteiger partial charge in [0.25, 0.3) is 0 Å². The van der Waals surface area contributed by atoms with Gasteiger partial charge in [-0.15, -0.1) is 5.10 Å². The van der Waals surface area contributed by atoms with Crippen LogP contribution >= 0.6 is 0 Å². The molecule has 0 saturated carbocycles. The fraction of sp³-hybridized carbons (Fsp3) is 0.350. The van der Waals surface area contributed by atoms with Crippen LogP contribution in [0.4, 0.5) is 0 Å². The van der Waals surface area contributed by atoms with Gasteiger partial charge in [0.2, 0.25) is 0 Å². The van der Waals surface area contributed by atoms with Gasteiger partial charge in [0.05, 0.1) is 18.3 Å². The van der Waals surface area contributed by atoms with Crippen molar-refractivity contribution in [1.82, 2.24) is 25.1 Å². The molecule has 0 spiro atoms. The van der Waals surface area contributed by atoms with E-state index in [9.17, 15) is 0 Å². The standard InChI is InChI=1S/C20H23N5O/c1-3-8-17(9-4-1)14-24(15-19-12-7-13-26-19)16-20-21-22-23-25(20)18-10-5-2-6-11-18/h1-6,8-11,19H,7,12-16H2. The largest absolute Gasteiger partial charge is 0.377 e. The molecular weight excluding hydrogens is 326 g/mol. The van der Waals surface area contributed by atoms with Crippen LogP contribution < -0.4 is 0 Å². The van der Waals surface area contributed by atoms with Crippen molar-refractivity contribution in [1.29, 1.82) is 0 Å². The quantitative estimate of drug-likeness (QED) is 0.656. The normalized spacial score (nSPS) is 17.0. The van der Waals surface area contributed by atoms with E-state index in [0.29, 0.717) is 12.6 Å². The molecule has 0 amide bonds. The van der Waals surface area contributed by atoms with Crippen LogP contribution in [0, 0.1) is 0 Å². The maximum Gasteiger partial charge on any atom is 0.170 e. The Labute approximate surface area is 153 Å². The van der Waals surface area contributed by atoms with Crippen molar-refractivity contribution in [2.45, 2.75) is 32.0 Å². The van der Waals surface area contributed by atoms with E-state index in [-0.39, 0.29) is 0 Å². The van der Waals surface area contributed by atoms with E-state index in [0.717, 1.165) is 44.0 Å². The predicted molar refractivity (Wildman–Crippen MR) is 98.7 cm³/mol. The summed E-state index contributed by atoms with van der Waals surface area (Å²) in [7, 11) is 0. The first-order chi connectivity index (χ1) is 12.9. The molecule has 2 aromatic carbocycles. The zero-order valence-corrected chi connectivity index (χ0v) is 14.7. The molecule has 6 nitrogen and oxygen atoms in total. The third kappa shape index (κ3) is 4.15. The number of hydrogen-bond acceptors (Lipinski definition) is 5. The van der Waals surface area contributed by atoms with Crippen molar-refractivity contribution in [3.05, 3.63) is 72.1 Å². The zero-order valence-electron chi connectivity index (χ0n) is 14.7. The SMILES string of the molecule is c1ccc(CN(Cc2nnnn2-c2ccccc2)CC2CCCO2)cc1. The molecule has 2 heterocycles. The Morgan fingerprint density at radius 3 is 2.50 bits per heavy atom. The van der Waals surface area contributed by atoms with E-state index in [1.54, 1.807) is 0 Å². The number of para-hydroxylation sites is 1. The number of nitrogens with zero attached hydrogens (tertiary/aromatic N) is 5. The monoisotopic (exact) mass is 349 g/mol. The topological polar surface area (TPSA) is 56.1 Å². The van der Waals surface area contributed by atoms with Gasteiger partial charge in [-0.2, -0.15) is 4.68 Å². The highest BCUT2D eigenvalue weighted by Crippen LogP contribution is 2.17. The minimum absolute atomic E-state index is 0.291. The van der Waals surface area contributed by atoms with Crippen LogP contribution in [0.25, 0.3) is 5.69 Å². The van der Waals surface area contributed by atoms with Crippen LogP contribution in [-0.4, -0.2) is 44.4 Å². The highest BCUT2D eigenvalue weighted by atomic mass is 16.5. The van der Waals surface area contributed by atoms with Crippen LogP contribution in [-0.2, 0) is 17.8 Å². The van der Waals surface area contributed by atoms with E-state index in [1.165, 1.54) is 5.56 Å². The Bertz CT molecular complexity index is 799. The molecule has 1 atom stereocenters. The molecule has 1 saturated heterocycles. The van der Waals surface area contributed by atoms with Crippen LogP contribution in [0.15, 0.2) is 60.7 Å². The van der Waals surface area contributed by atoms with Crippen molar-refractivity contribution in [3.63, 3.8) is 0 Å². The lowest BCUT2D eigenvalue weighted by Gasteiger charge is -2.24. The lowest BCUT2D eigenvalue weighted by Crippen LogP contribution is -2.32. The second kappa shape index (κ2) is 8.21. The third-order valence-corrected chi connectivity index (χ3v) is 4.63. The first-order valence-corrected chi connectivity index (χ1v) is 9.09. The molecule has 0 bridgehead atoms. The van der Waals surface area contributed by atoms with Crippen LogP contribution in [0.2, 0.25) is 0 Å². The molecule has 1 aliphatic heterocycles. The summed E-state index contributed by atoms with van der Waals surface area (Å²) < 4.78 is 7.67. The van der Waals surface area contributed by atoms with Crippen molar-refractivity contribution in [2.24, 2.45) is 0 Å². The summed E-state index contributed by atoms with van der Waals surface area (Å²) in [6, 6.07) is 20.5. The van der Waals surface area contributed by atoms with Gasteiger partial charge in [-0.05, 0) is 41.0 Å². The fourth-order valence-electron chi connectivity index (χ4n) is 3.38. The first-order valence-electron chi connectivity index (χ1n) is 9.09. The first kappa shape index (κ1) is 16.9. The van der Waals surface area contributed by atoms with Crippen molar-refractivity contribution >= 4 is 0 Å². The fourth-order valence-corrected chi connectivity index (χ4v) is 3.38. The third-order valence-electron chi connectivity index (χ3n) is 4.63. The van der Waals surface area contributed by atoms with E-state index >= 15 is 0 Å². The highest BCUT2D eigenvalue weighted by molar-refractivity contribution is 5.30. The number of aromatic nitrogens is 4. The number of rotatable bonds is 7. The van der Waals surface area contributed by atoms with Crippen LogP contribution in [0.5, 0.6) is 0 Å². The maximum absolute atomic E-state index is 5.86. The lowest BCUT2D eigenvalue weighted by atomic mass is 10.2. The van der Waals surface area contributed by atoms with Gasteiger partial charge in [0.1, 0.15) is 0 Å². The average Bonchev–Trinajstić information content (AvgIpc) is 3.35. The average molecular weight is 349 g/mol. The summed E-state index contributed by atoms with van der Waals surface area (Å²) in [5.74, 6) is 0.838. The van der Waals surface area contributed by atoms with E-state index in [1.807, 2.05) is 41.1 Å². The molecule has 6 heteroatoms. The van der Waals surface area contributed by atoms with E-state index < -0.39 is 0 Å². The molecule has 1 aromatic heterocycles. The smallest absolute Gasteiger partial charge is 0.170 e. The molecule has 0 radical (unpaired) electrons. The molecule has 134 valence electrons. The molecular formula is C20H23N5O. The van der Waals surface area contributed by atoms with E-state index in [2.05, 4.69) is 44.7 Å². The summed E-state index contributed by atoms with van der Waals surface area (Å²) in [5.41, 5.74) is 2.26. The Morgan fingerprint density at radius 1 is 1.00 bits per heavy atom. The molecule has 1 unspecified atom stereocenters. The van der Waals surface area contributed by atoms with Gasteiger partial charge in [-0.1, -0.05) is 48.5 Å². The molecule has 1 fully saturated rings. The summed E-state index contributed by atoms with van der Waals surface area (Å²) in [6.07, 6.45) is 2.56. The van der Waals surface area contributed by atoms with Crippen LogP contribution in [0.3, 0.4) is 0 Å². The molecule has 0 aliphatic carbocycles. The maximum atomic E-state index is 5.86. The van der Waals surface area contributed by atoms with Crippen molar-refractivity contribution in [2.75, 3.05) is 13.2 Å². The van der Waals surface area contributed by atoms with Gasteiger partial charge >= 0.3 is 0 Å². The Hall–Kier alpha value is -2.57. The Morgan fingerprint density at radius 2 is 1.77 bits per heavy atom. The Kier molecular flexibility index (Phi) is 5.33. The van der Waals surface area contributed by atoms with Gasteiger partial charge in [0.15, 0.2) is 5.82 Å². The summed E-state index contributed by atoms with van der Waals surface area (Å²) in [6.45, 7) is 3.28. The molecule has 26 heavy (non-hydrogen) atoms. The van der Waals surface area contributed by atoms with Gasteiger partial charge in [-0.25, -0.2) is 0 Å². The molecule has 1 aliphatic rings. The van der Waals surface area contributed by atoms with Gasteiger partial charge < -0.3 is 4.74 Å². The second-order valence-corrected chi connectivity index (χ2v) is 6.63. The lowest BCUT2D eigenvalue weighted by molar-refractivity contribution is 0.0667. The molecule has 3 aromatic rings. The van der Waals surface area contributed by atoms with Crippen LogP contribution in [0.1, 0.15) is 24.2 Å². The number of hydrogen-bond donors (Lipinski definition) is 0. The summed E-state index contributed by atoms with van der Waals surface area (Å²) in [5, 5.41) is 12.3. The van der Waals surface area contributed by atoms with Gasteiger partial charge in [-0.3, -0.25) is 4.90 Å².